The number of methoxy groups -OCH3 is 1. The van der Waals surface area contributed by atoms with Gasteiger partial charge < -0.3 is 25.4 Å². The molecular formula is C12H20N4O4. The van der Waals surface area contributed by atoms with Gasteiger partial charge in [-0.25, -0.2) is 0 Å². The van der Waals surface area contributed by atoms with E-state index in [1.54, 1.807) is 7.11 Å². The average Bonchev–Trinajstić information content (AvgIpc) is 3.01. The lowest BCUT2D eigenvalue weighted by atomic mass is 10.1. The molecule has 0 bridgehead atoms. The number of aliphatic hydroxyl groups excluding tert-OH is 1. The van der Waals surface area contributed by atoms with Gasteiger partial charge >= 0.3 is 0 Å². The van der Waals surface area contributed by atoms with E-state index < -0.39 is 6.10 Å². The van der Waals surface area contributed by atoms with Crippen LogP contribution in [0.5, 0.6) is 0 Å². The van der Waals surface area contributed by atoms with Gasteiger partial charge in [0.25, 0.3) is 0 Å². The molecule has 20 heavy (non-hydrogen) atoms. The smallest absolute Gasteiger partial charge is 0.246 e. The first-order valence-corrected chi connectivity index (χ1v) is 6.62. The van der Waals surface area contributed by atoms with E-state index in [4.69, 9.17) is 15.0 Å². The van der Waals surface area contributed by atoms with Crippen LogP contribution in [0.1, 0.15) is 24.6 Å². The first-order chi connectivity index (χ1) is 9.60. The van der Waals surface area contributed by atoms with Crippen molar-refractivity contribution in [2.24, 2.45) is 11.7 Å². The van der Waals surface area contributed by atoms with Crippen LogP contribution in [0.15, 0.2) is 4.52 Å². The van der Waals surface area contributed by atoms with Gasteiger partial charge in [0.2, 0.25) is 11.8 Å². The molecule has 0 radical (unpaired) electrons. The molecule has 4 N–H and O–H groups in total. The molecule has 1 aromatic rings. The van der Waals surface area contributed by atoms with E-state index >= 15 is 0 Å². The monoisotopic (exact) mass is 284 g/mol. The van der Waals surface area contributed by atoms with Crippen molar-refractivity contribution in [2.75, 3.05) is 13.7 Å². The maximum absolute atomic E-state index is 11.9. The number of carbonyl (C=O) groups is 1. The SMILES string of the molecule is COCCc1noc(CNC(=O)[C@H]2C[C@H](N)[C@@H](O)C2)n1. The Bertz CT molecular complexity index is 440. The van der Waals surface area contributed by atoms with Crippen LogP contribution in [0.25, 0.3) is 0 Å². The Morgan fingerprint density at radius 2 is 2.40 bits per heavy atom. The molecule has 0 aromatic carbocycles. The molecule has 0 unspecified atom stereocenters. The molecular weight excluding hydrogens is 264 g/mol. The van der Waals surface area contributed by atoms with E-state index in [9.17, 15) is 9.90 Å². The van der Waals surface area contributed by atoms with Gasteiger partial charge in [-0.2, -0.15) is 4.98 Å². The Labute approximate surface area is 116 Å². The molecule has 112 valence electrons. The highest BCUT2D eigenvalue weighted by Crippen LogP contribution is 2.24. The van der Waals surface area contributed by atoms with Crippen molar-refractivity contribution in [1.29, 1.82) is 0 Å². The summed E-state index contributed by atoms with van der Waals surface area (Å²) < 4.78 is 9.93. The van der Waals surface area contributed by atoms with E-state index in [1.807, 2.05) is 0 Å². The fourth-order valence-electron chi connectivity index (χ4n) is 2.23. The molecule has 0 aliphatic heterocycles. The van der Waals surface area contributed by atoms with Crippen LogP contribution in [0.4, 0.5) is 0 Å². The number of nitrogens with zero attached hydrogens (tertiary/aromatic N) is 2. The Morgan fingerprint density at radius 3 is 3.05 bits per heavy atom. The summed E-state index contributed by atoms with van der Waals surface area (Å²) >= 11 is 0. The Morgan fingerprint density at radius 1 is 1.60 bits per heavy atom. The zero-order chi connectivity index (χ0) is 14.5. The highest BCUT2D eigenvalue weighted by molar-refractivity contribution is 5.79. The van der Waals surface area contributed by atoms with E-state index in [0.29, 0.717) is 37.6 Å². The van der Waals surface area contributed by atoms with Gasteiger partial charge in [-0.1, -0.05) is 5.16 Å². The summed E-state index contributed by atoms with van der Waals surface area (Å²) in [7, 11) is 1.60. The van der Waals surface area contributed by atoms with Crippen LogP contribution < -0.4 is 11.1 Å². The second-order valence-electron chi connectivity index (χ2n) is 4.96. The Hall–Kier alpha value is -1.51. The third-order valence-corrected chi connectivity index (χ3v) is 3.40. The molecule has 1 saturated carbocycles. The van der Waals surface area contributed by atoms with Gasteiger partial charge in [0.1, 0.15) is 0 Å². The lowest BCUT2D eigenvalue weighted by Gasteiger charge is -2.08. The Kier molecular flexibility index (Phi) is 5.05. The molecule has 1 fully saturated rings. The van der Waals surface area contributed by atoms with Crippen LogP contribution in [-0.2, 0) is 22.5 Å². The number of nitrogens with one attached hydrogen (secondary N) is 1. The summed E-state index contributed by atoms with van der Waals surface area (Å²) in [5.41, 5.74) is 5.68. The molecule has 3 atom stereocenters. The number of aromatic nitrogens is 2. The van der Waals surface area contributed by atoms with E-state index in [1.165, 1.54) is 0 Å². The molecule has 1 aliphatic carbocycles. The first kappa shape index (κ1) is 14.9. The lowest BCUT2D eigenvalue weighted by Crippen LogP contribution is -2.30. The minimum Gasteiger partial charge on any atom is -0.391 e. The van der Waals surface area contributed by atoms with Gasteiger partial charge in [-0.15, -0.1) is 0 Å². The minimum atomic E-state index is -0.602. The zero-order valence-electron chi connectivity index (χ0n) is 11.4. The fourth-order valence-corrected chi connectivity index (χ4v) is 2.23. The third-order valence-electron chi connectivity index (χ3n) is 3.40. The summed E-state index contributed by atoms with van der Waals surface area (Å²) in [5.74, 6) is 0.506. The van der Waals surface area contributed by atoms with Crippen LogP contribution in [0, 0.1) is 5.92 Å². The van der Waals surface area contributed by atoms with Gasteiger partial charge in [0.15, 0.2) is 5.82 Å². The second-order valence-corrected chi connectivity index (χ2v) is 4.96. The van der Waals surface area contributed by atoms with Gasteiger partial charge in [0.05, 0.1) is 19.3 Å². The maximum Gasteiger partial charge on any atom is 0.246 e. The highest BCUT2D eigenvalue weighted by atomic mass is 16.5. The molecule has 0 spiro atoms. The predicted molar refractivity (Wildman–Crippen MR) is 68.4 cm³/mol. The molecule has 0 saturated heterocycles. The quantitative estimate of drug-likeness (QED) is 0.610. The van der Waals surface area contributed by atoms with Crippen LogP contribution in [-0.4, -0.2) is 47.0 Å². The van der Waals surface area contributed by atoms with E-state index in [-0.39, 0.29) is 24.4 Å². The van der Waals surface area contributed by atoms with Crippen molar-refractivity contribution < 1.29 is 19.2 Å². The summed E-state index contributed by atoms with van der Waals surface area (Å²) in [6, 6.07) is -0.324. The van der Waals surface area contributed by atoms with Gasteiger partial charge in [0, 0.05) is 25.5 Å². The number of hydrogen-bond acceptors (Lipinski definition) is 7. The minimum absolute atomic E-state index is 0.145. The topological polar surface area (TPSA) is 124 Å². The standard InChI is InChI=1S/C12H20N4O4/c1-19-3-2-10-15-11(20-16-10)6-14-12(18)7-4-8(13)9(17)5-7/h7-9,17H,2-6,13H2,1H3,(H,14,18)/t7-,8-,9-/m0/s1. The van der Waals surface area contributed by atoms with E-state index in [0.717, 1.165) is 0 Å². The molecule has 1 heterocycles. The molecule has 1 aliphatic rings. The number of amides is 1. The van der Waals surface area contributed by atoms with Gasteiger partial charge in [-0.3, -0.25) is 4.79 Å². The molecule has 1 aromatic heterocycles. The van der Waals surface area contributed by atoms with Crippen LogP contribution in [0.2, 0.25) is 0 Å². The summed E-state index contributed by atoms with van der Waals surface area (Å²) in [6.45, 7) is 0.698. The normalized spacial score (nSPS) is 25.9. The summed E-state index contributed by atoms with van der Waals surface area (Å²) in [4.78, 5) is 16.0. The molecule has 1 amide bonds. The highest BCUT2D eigenvalue weighted by Gasteiger charge is 2.34. The van der Waals surface area contributed by atoms with Crippen LogP contribution >= 0.6 is 0 Å². The average molecular weight is 284 g/mol. The molecule has 8 heteroatoms. The lowest BCUT2D eigenvalue weighted by molar-refractivity contribution is -0.125. The van der Waals surface area contributed by atoms with E-state index in [2.05, 4.69) is 15.5 Å². The number of ether oxygens (including phenoxy) is 1. The van der Waals surface area contributed by atoms with Crippen molar-refractivity contribution in [3.8, 4) is 0 Å². The zero-order valence-corrected chi connectivity index (χ0v) is 11.4. The van der Waals surface area contributed by atoms with Crippen molar-refractivity contribution in [1.82, 2.24) is 15.5 Å². The second kappa shape index (κ2) is 6.78. The first-order valence-electron chi connectivity index (χ1n) is 6.62. The Balaban J connectivity index is 1.77. The number of carbonyl (C=O) groups excluding carboxylic acids is 1. The van der Waals surface area contributed by atoms with Gasteiger partial charge in [-0.05, 0) is 12.8 Å². The molecule has 8 nitrogen and oxygen atoms in total. The third kappa shape index (κ3) is 3.75. The predicted octanol–water partition coefficient (Wildman–Crippen LogP) is -1.03. The van der Waals surface area contributed by atoms with Crippen molar-refractivity contribution >= 4 is 5.91 Å². The number of hydrogen-bond donors (Lipinski definition) is 3. The summed E-state index contributed by atoms with van der Waals surface area (Å²) in [5, 5.41) is 16.0. The number of nitrogens with two attached hydrogens (primary N) is 1. The van der Waals surface area contributed by atoms with Crippen molar-refractivity contribution in [3.63, 3.8) is 0 Å². The molecule has 2 rings (SSSR count). The fraction of sp³-hybridized carbons (Fsp3) is 0.750. The maximum atomic E-state index is 11.9. The number of aliphatic hydroxyl groups is 1. The van der Waals surface area contributed by atoms with Crippen LogP contribution in [0.3, 0.4) is 0 Å². The van der Waals surface area contributed by atoms with Crippen molar-refractivity contribution in [2.45, 2.75) is 38.0 Å². The van der Waals surface area contributed by atoms with Crippen molar-refractivity contribution in [3.05, 3.63) is 11.7 Å². The largest absolute Gasteiger partial charge is 0.391 e. The number of rotatable bonds is 6. The summed E-state index contributed by atoms with van der Waals surface area (Å²) in [6.07, 6.45) is 0.860.